The van der Waals surface area contributed by atoms with E-state index in [-0.39, 0.29) is 30.9 Å². The number of carbonyl (C=O) groups excluding carboxylic acids is 1. The minimum absolute atomic E-state index is 0.00687. The molecule has 1 saturated carbocycles. The molecule has 1 saturated heterocycles. The van der Waals surface area contributed by atoms with Crippen LogP contribution in [0.2, 0.25) is 0 Å². The second kappa shape index (κ2) is 10.0. The van der Waals surface area contributed by atoms with Gasteiger partial charge in [-0.3, -0.25) is 9.78 Å². The summed E-state index contributed by atoms with van der Waals surface area (Å²) in [5.74, 6) is 1.52. The first kappa shape index (κ1) is 24.0. The zero-order chi connectivity index (χ0) is 24.4. The maximum absolute atomic E-state index is 12.6. The first-order valence-electron chi connectivity index (χ1n) is 12.1. The third kappa shape index (κ3) is 4.87. The van der Waals surface area contributed by atoms with Gasteiger partial charge in [0.15, 0.2) is 5.82 Å². The summed E-state index contributed by atoms with van der Waals surface area (Å²) in [6.45, 7) is 11.9. The van der Waals surface area contributed by atoms with Gasteiger partial charge in [0.05, 0.1) is 35.4 Å². The number of anilines is 4. The summed E-state index contributed by atoms with van der Waals surface area (Å²) in [6, 6.07) is 3.94. The Morgan fingerprint density at radius 2 is 2.15 bits per heavy atom. The van der Waals surface area contributed by atoms with Crippen LogP contribution in [0.5, 0.6) is 0 Å². The molecule has 1 aliphatic carbocycles. The third-order valence-corrected chi connectivity index (χ3v) is 6.86. The van der Waals surface area contributed by atoms with Crippen molar-refractivity contribution in [3.05, 3.63) is 41.9 Å². The van der Waals surface area contributed by atoms with Gasteiger partial charge in [-0.25, -0.2) is 4.98 Å². The number of pyridine rings is 2. The highest BCUT2D eigenvalue weighted by molar-refractivity contribution is 5.80. The molecule has 2 fully saturated rings. The minimum atomic E-state index is -0.122. The number of nitrogens with zero attached hydrogens (tertiary/aromatic N) is 4. The van der Waals surface area contributed by atoms with Gasteiger partial charge in [-0.05, 0) is 43.9 Å². The van der Waals surface area contributed by atoms with Gasteiger partial charge in [-0.2, -0.15) is 0 Å². The van der Waals surface area contributed by atoms with Crippen LogP contribution in [0.25, 0.3) is 6.08 Å². The number of nitrogen functional groups attached to an aromatic ring is 1. The lowest BCUT2D eigenvalue weighted by molar-refractivity contribution is -0.135. The van der Waals surface area contributed by atoms with E-state index in [4.69, 9.17) is 10.7 Å². The average molecular weight is 465 g/mol. The van der Waals surface area contributed by atoms with Crippen molar-refractivity contribution in [3.63, 3.8) is 0 Å². The maximum atomic E-state index is 12.6. The monoisotopic (exact) mass is 464 g/mol. The first-order valence-corrected chi connectivity index (χ1v) is 12.1. The van der Waals surface area contributed by atoms with Crippen molar-refractivity contribution in [3.8, 4) is 0 Å². The van der Waals surface area contributed by atoms with Crippen LogP contribution in [0.4, 0.5) is 22.9 Å². The molecule has 0 bridgehead atoms. The van der Waals surface area contributed by atoms with Gasteiger partial charge < -0.3 is 26.0 Å². The number of hydrogen-bond donors (Lipinski definition) is 3. The molecule has 2 aromatic heterocycles. The molecule has 3 heterocycles. The summed E-state index contributed by atoms with van der Waals surface area (Å²) in [6.07, 6.45) is 5.90. The van der Waals surface area contributed by atoms with E-state index in [1.54, 1.807) is 12.3 Å². The Labute approximate surface area is 201 Å². The van der Waals surface area contributed by atoms with Gasteiger partial charge in [0.2, 0.25) is 5.91 Å². The van der Waals surface area contributed by atoms with Gasteiger partial charge in [0, 0.05) is 49.4 Å². The Morgan fingerprint density at radius 3 is 2.79 bits per heavy atom. The van der Waals surface area contributed by atoms with E-state index in [1.165, 1.54) is 0 Å². The van der Waals surface area contributed by atoms with Crippen molar-refractivity contribution >= 4 is 34.9 Å². The number of aliphatic hydroxyl groups is 1. The van der Waals surface area contributed by atoms with E-state index in [1.807, 2.05) is 24.0 Å². The van der Waals surface area contributed by atoms with Crippen LogP contribution >= 0.6 is 0 Å². The van der Waals surface area contributed by atoms with E-state index >= 15 is 0 Å². The molecule has 2 aliphatic rings. The van der Waals surface area contributed by atoms with Crippen LogP contribution in [0.1, 0.15) is 56.0 Å². The fourth-order valence-electron chi connectivity index (χ4n) is 4.68. The number of hydrogen-bond acceptors (Lipinski definition) is 7. The van der Waals surface area contributed by atoms with Gasteiger partial charge in [-0.1, -0.05) is 20.4 Å². The van der Waals surface area contributed by atoms with Crippen molar-refractivity contribution in [1.29, 1.82) is 0 Å². The molecule has 0 aromatic carbocycles. The molecule has 1 amide bonds. The summed E-state index contributed by atoms with van der Waals surface area (Å²) in [7, 11) is 0. The predicted molar refractivity (Wildman–Crippen MR) is 137 cm³/mol. The van der Waals surface area contributed by atoms with Crippen LogP contribution in [0.3, 0.4) is 0 Å². The van der Waals surface area contributed by atoms with Gasteiger partial charge in [0.1, 0.15) is 0 Å². The summed E-state index contributed by atoms with van der Waals surface area (Å²) < 4.78 is 0. The number of aliphatic hydroxyl groups excluding tert-OH is 1. The SMILES string of the molecule is C=Cc1cc(Nc2c(C3CC3)nc(N3CCN(C(=O)CCO)[C@H](C(C)C)C3)c(N)c2C)ccn1. The van der Waals surface area contributed by atoms with Gasteiger partial charge in [-0.15, -0.1) is 0 Å². The maximum Gasteiger partial charge on any atom is 0.225 e. The minimum Gasteiger partial charge on any atom is -0.396 e. The van der Waals surface area contributed by atoms with Crippen molar-refractivity contribution in [2.24, 2.45) is 5.92 Å². The highest BCUT2D eigenvalue weighted by atomic mass is 16.3. The number of nitrogens with two attached hydrogens (primary N) is 1. The number of aromatic nitrogens is 2. The summed E-state index contributed by atoms with van der Waals surface area (Å²) in [5, 5.41) is 12.8. The number of nitrogens with one attached hydrogen (secondary N) is 1. The Balaban J connectivity index is 1.65. The van der Waals surface area contributed by atoms with E-state index in [0.717, 1.165) is 47.0 Å². The zero-order valence-electron chi connectivity index (χ0n) is 20.4. The molecule has 34 heavy (non-hydrogen) atoms. The second-order valence-electron chi connectivity index (χ2n) is 9.63. The molecule has 0 unspecified atom stereocenters. The molecule has 2 aromatic rings. The van der Waals surface area contributed by atoms with Crippen LogP contribution < -0.4 is 16.0 Å². The molecular formula is C26H36N6O2. The lowest BCUT2D eigenvalue weighted by Crippen LogP contribution is -2.57. The lowest BCUT2D eigenvalue weighted by atomic mass is 9.98. The van der Waals surface area contributed by atoms with E-state index in [2.05, 4.69) is 35.6 Å². The molecule has 8 heteroatoms. The highest BCUT2D eigenvalue weighted by Gasteiger charge is 2.35. The Bertz CT molecular complexity index is 1070. The van der Waals surface area contributed by atoms with E-state index in [9.17, 15) is 9.90 Å². The largest absolute Gasteiger partial charge is 0.396 e. The average Bonchev–Trinajstić information content (AvgIpc) is 3.67. The lowest BCUT2D eigenvalue weighted by Gasteiger charge is -2.44. The van der Waals surface area contributed by atoms with Gasteiger partial charge in [0.25, 0.3) is 0 Å². The smallest absolute Gasteiger partial charge is 0.225 e. The molecule has 0 spiro atoms. The number of piperazine rings is 1. The van der Waals surface area contributed by atoms with Gasteiger partial charge >= 0.3 is 0 Å². The molecule has 4 rings (SSSR count). The number of amides is 1. The molecular weight excluding hydrogens is 428 g/mol. The topological polar surface area (TPSA) is 108 Å². The first-order chi connectivity index (χ1) is 16.3. The second-order valence-corrected chi connectivity index (χ2v) is 9.63. The molecule has 8 nitrogen and oxygen atoms in total. The number of carbonyl (C=O) groups is 1. The van der Waals surface area contributed by atoms with Crippen LogP contribution in [0.15, 0.2) is 24.9 Å². The number of rotatable bonds is 8. The van der Waals surface area contributed by atoms with Crippen molar-refractivity contribution in [2.75, 3.05) is 42.2 Å². The van der Waals surface area contributed by atoms with Crippen LogP contribution in [-0.4, -0.2) is 58.2 Å². The normalized spacial score (nSPS) is 18.3. The van der Waals surface area contributed by atoms with Crippen molar-refractivity contribution < 1.29 is 9.90 Å². The molecule has 1 atom stereocenters. The Kier molecular flexibility index (Phi) is 7.07. The van der Waals surface area contributed by atoms with Crippen molar-refractivity contribution in [2.45, 2.75) is 52.0 Å². The van der Waals surface area contributed by atoms with Crippen LogP contribution in [0, 0.1) is 12.8 Å². The molecule has 1 aliphatic heterocycles. The van der Waals surface area contributed by atoms with Crippen molar-refractivity contribution in [1.82, 2.24) is 14.9 Å². The van der Waals surface area contributed by atoms with E-state index in [0.29, 0.717) is 31.2 Å². The quantitative estimate of drug-likeness (QED) is 0.547. The predicted octanol–water partition coefficient (Wildman–Crippen LogP) is 3.69. The molecule has 4 N–H and O–H groups in total. The zero-order valence-corrected chi connectivity index (χ0v) is 20.4. The summed E-state index contributed by atoms with van der Waals surface area (Å²) in [4.78, 5) is 26.1. The third-order valence-electron chi connectivity index (χ3n) is 6.86. The standard InChI is InChI=1S/C26H36N6O2/c1-5-19-14-20(8-10-28-19)29-24-17(4)23(27)26(30-25(24)18-6-7-18)31-11-12-32(22(34)9-13-33)21(15-31)16(2)3/h5,8,10,14,16,18,21,33H,1,6-7,9,11-13,15,27H2,2-4H3,(H,28,29)/t21-/m0/s1. The summed E-state index contributed by atoms with van der Waals surface area (Å²) >= 11 is 0. The van der Waals surface area contributed by atoms with E-state index < -0.39 is 0 Å². The highest BCUT2D eigenvalue weighted by Crippen LogP contribution is 2.47. The molecule has 0 radical (unpaired) electrons. The fourth-order valence-corrected chi connectivity index (χ4v) is 4.68. The van der Waals surface area contributed by atoms with Crippen LogP contribution in [-0.2, 0) is 4.79 Å². The fraction of sp³-hybridized carbons (Fsp3) is 0.500. The summed E-state index contributed by atoms with van der Waals surface area (Å²) in [5.41, 5.74) is 12.1. The Morgan fingerprint density at radius 1 is 1.38 bits per heavy atom. The Hall–Kier alpha value is -3.13. The molecule has 182 valence electrons.